The predicted octanol–water partition coefficient (Wildman–Crippen LogP) is 3.03. The summed E-state index contributed by atoms with van der Waals surface area (Å²) in [6.07, 6.45) is 0.847. The second kappa shape index (κ2) is 8.61. The van der Waals surface area contributed by atoms with Crippen LogP contribution in [0.5, 0.6) is 5.75 Å². The van der Waals surface area contributed by atoms with Crippen LogP contribution in [0.3, 0.4) is 0 Å². The summed E-state index contributed by atoms with van der Waals surface area (Å²) in [4.78, 5) is 38.1. The lowest BCUT2D eigenvalue weighted by Crippen LogP contribution is -2.52. The molecule has 0 bridgehead atoms. The third-order valence-corrected chi connectivity index (χ3v) is 6.43. The molecule has 0 aliphatic carbocycles. The lowest BCUT2D eigenvalue weighted by molar-refractivity contribution is -0.130. The first-order valence-corrected chi connectivity index (χ1v) is 10.8. The normalized spacial score (nSPS) is 23.7. The number of hydrogen-bond acceptors (Lipinski definition) is 5. The number of anilines is 2. The summed E-state index contributed by atoms with van der Waals surface area (Å²) in [5, 5.41) is 9.88. The van der Waals surface area contributed by atoms with Gasteiger partial charge in [0.1, 0.15) is 11.3 Å². The van der Waals surface area contributed by atoms with Gasteiger partial charge in [0.15, 0.2) is 0 Å². The smallest absolute Gasteiger partial charge is 0.250 e. The fourth-order valence-electron chi connectivity index (χ4n) is 4.53. The third-order valence-electron chi connectivity index (χ3n) is 5.96. The molecule has 0 saturated carbocycles. The Morgan fingerprint density at radius 1 is 1.22 bits per heavy atom. The monoisotopic (exact) mass is 476 g/mol. The van der Waals surface area contributed by atoms with Gasteiger partial charge in [-0.3, -0.25) is 19.7 Å². The number of amides is 3. The average molecular weight is 477 g/mol. The Morgan fingerprint density at radius 2 is 1.94 bits per heavy atom. The van der Waals surface area contributed by atoms with Crippen molar-refractivity contribution in [1.29, 1.82) is 0 Å². The summed E-state index contributed by atoms with van der Waals surface area (Å²) in [5.41, 5.74) is 5.55. The maximum atomic E-state index is 13.5. The van der Waals surface area contributed by atoms with E-state index in [0.29, 0.717) is 45.6 Å². The van der Waals surface area contributed by atoms with Crippen LogP contribution < -0.4 is 26.4 Å². The molecule has 1 spiro atoms. The van der Waals surface area contributed by atoms with E-state index in [1.807, 2.05) is 0 Å². The van der Waals surface area contributed by atoms with E-state index in [1.165, 1.54) is 7.11 Å². The van der Waals surface area contributed by atoms with Crippen molar-refractivity contribution in [3.05, 3.63) is 52.0 Å². The van der Waals surface area contributed by atoms with Crippen molar-refractivity contribution in [2.24, 2.45) is 11.7 Å². The second-order valence-corrected chi connectivity index (χ2v) is 8.79. The summed E-state index contributed by atoms with van der Waals surface area (Å²) in [7, 11) is 1.49. The number of primary amides is 1. The highest BCUT2D eigenvalue weighted by Crippen LogP contribution is 2.48. The Kier molecular flexibility index (Phi) is 6.03. The van der Waals surface area contributed by atoms with Gasteiger partial charge >= 0.3 is 0 Å². The lowest BCUT2D eigenvalue weighted by Gasteiger charge is -2.29. The molecule has 1 saturated heterocycles. The molecule has 0 aromatic heterocycles. The van der Waals surface area contributed by atoms with E-state index < -0.39 is 17.4 Å². The minimum atomic E-state index is -1.33. The molecule has 5 N–H and O–H groups in total. The Labute approximate surface area is 194 Å². The van der Waals surface area contributed by atoms with E-state index in [1.54, 1.807) is 36.4 Å². The van der Waals surface area contributed by atoms with Crippen molar-refractivity contribution >= 4 is 52.3 Å². The Hall–Kier alpha value is -2.81. The molecule has 2 aliphatic heterocycles. The van der Waals surface area contributed by atoms with Crippen LogP contribution in [0.1, 0.15) is 24.8 Å². The maximum Gasteiger partial charge on any atom is 0.250 e. The Balaban J connectivity index is 1.72. The van der Waals surface area contributed by atoms with Gasteiger partial charge in [0.25, 0.3) is 0 Å². The Bertz CT molecular complexity index is 1110. The van der Waals surface area contributed by atoms with Crippen molar-refractivity contribution in [1.82, 2.24) is 5.32 Å². The van der Waals surface area contributed by atoms with Gasteiger partial charge in [-0.2, -0.15) is 0 Å². The number of methoxy groups -OCH3 is 1. The molecule has 3 unspecified atom stereocenters. The van der Waals surface area contributed by atoms with Crippen molar-refractivity contribution < 1.29 is 19.1 Å². The minimum Gasteiger partial charge on any atom is -0.495 e. The van der Waals surface area contributed by atoms with E-state index in [9.17, 15) is 14.4 Å². The van der Waals surface area contributed by atoms with Gasteiger partial charge in [0, 0.05) is 33.8 Å². The quantitative estimate of drug-likeness (QED) is 0.510. The zero-order chi connectivity index (χ0) is 23.0. The molecule has 3 atom stereocenters. The van der Waals surface area contributed by atoms with Crippen LogP contribution >= 0.6 is 23.2 Å². The Morgan fingerprint density at radius 3 is 2.66 bits per heavy atom. The van der Waals surface area contributed by atoms with Crippen LogP contribution in [0.4, 0.5) is 11.4 Å². The zero-order valence-electron chi connectivity index (χ0n) is 17.2. The van der Waals surface area contributed by atoms with Crippen molar-refractivity contribution in [3.63, 3.8) is 0 Å². The van der Waals surface area contributed by atoms with Gasteiger partial charge in [0.05, 0.1) is 18.7 Å². The predicted molar refractivity (Wildman–Crippen MR) is 122 cm³/mol. The fraction of sp³-hybridized carbons (Fsp3) is 0.318. The molecule has 10 heteroatoms. The number of nitrogens with two attached hydrogens (primary N) is 1. The van der Waals surface area contributed by atoms with Crippen LogP contribution in [-0.2, 0) is 19.9 Å². The first-order valence-electron chi connectivity index (χ1n) is 10.1. The van der Waals surface area contributed by atoms with E-state index in [0.717, 1.165) is 0 Å². The van der Waals surface area contributed by atoms with Gasteiger partial charge in [-0.1, -0.05) is 23.2 Å². The summed E-state index contributed by atoms with van der Waals surface area (Å²) in [6.45, 7) is 0. The molecule has 168 valence electrons. The van der Waals surface area contributed by atoms with E-state index in [-0.39, 0.29) is 24.3 Å². The molecule has 8 nitrogen and oxygen atoms in total. The van der Waals surface area contributed by atoms with E-state index in [4.69, 9.17) is 33.7 Å². The first kappa shape index (κ1) is 22.4. The van der Waals surface area contributed by atoms with Crippen molar-refractivity contribution in [2.75, 3.05) is 17.7 Å². The molecule has 32 heavy (non-hydrogen) atoms. The highest BCUT2D eigenvalue weighted by atomic mass is 35.5. The largest absolute Gasteiger partial charge is 0.495 e. The standard InChI is InChI=1S/C22H22Cl2N4O4/c1-32-18-6-3-12(24)9-17(18)26-20(30)15-10-13(4-7-19(25)29)28-22(15)14-8-11(23)2-5-16(14)27-21(22)31/h2-3,5-6,8-9,13,15,28H,4,7,10H2,1H3,(H2,25,29)(H,26,30)(H,27,31). The van der Waals surface area contributed by atoms with Gasteiger partial charge < -0.3 is 21.1 Å². The third kappa shape index (κ3) is 3.90. The molecule has 1 fully saturated rings. The summed E-state index contributed by atoms with van der Waals surface area (Å²) < 4.78 is 5.32. The van der Waals surface area contributed by atoms with Crippen molar-refractivity contribution in [3.8, 4) is 5.75 Å². The highest BCUT2D eigenvalue weighted by Gasteiger charge is 2.60. The number of halogens is 2. The van der Waals surface area contributed by atoms with E-state index in [2.05, 4.69) is 16.0 Å². The van der Waals surface area contributed by atoms with Crippen LogP contribution in [0, 0.1) is 5.92 Å². The maximum absolute atomic E-state index is 13.5. The fourth-order valence-corrected chi connectivity index (χ4v) is 4.88. The minimum absolute atomic E-state index is 0.133. The SMILES string of the molecule is COc1ccc(Cl)cc1NC(=O)C1CC(CCC(N)=O)NC12C(=O)Nc1ccc(Cl)cc12. The number of fused-ring (bicyclic) bond motifs is 2. The molecule has 2 aromatic rings. The van der Waals surface area contributed by atoms with Crippen LogP contribution in [0.15, 0.2) is 36.4 Å². The van der Waals surface area contributed by atoms with Gasteiger partial charge in [-0.25, -0.2) is 0 Å². The average Bonchev–Trinajstić information content (AvgIpc) is 3.26. The molecule has 2 heterocycles. The van der Waals surface area contributed by atoms with Gasteiger partial charge in [-0.05, 0) is 49.2 Å². The van der Waals surface area contributed by atoms with E-state index >= 15 is 0 Å². The topological polar surface area (TPSA) is 123 Å². The summed E-state index contributed by atoms with van der Waals surface area (Å²) in [6, 6.07) is 9.65. The molecular weight excluding hydrogens is 455 g/mol. The second-order valence-electron chi connectivity index (χ2n) is 7.92. The van der Waals surface area contributed by atoms with Gasteiger partial charge in [0.2, 0.25) is 17.7 Å². The number of nitrogens with one attached hydrogen (secondary N) is 3. The molecule has 3 amide bonds. The zero-order valence-corrected chi connectivity index (χ0v) is 18.7. The molecule has 4 rings (SSSR count). The first-order chi connectivity index (χ1) is 15.2. The number of carbonyl (C=O) groups excluding carboxylic acids is 3. The van der Waals surface area contributed by atoms with Crippen LogP contribution in [-0.4, -0.2) is 30.9 Å². The number of hydrogen-bond donors (Lipinski definition) is 4. The number of rotatable bonds is 6. The van der Waals surface area contributed by atoms with Crippen molar-refractivity contribution in [2.45, 2.75) is 30.8 Å². The van der Waals surface area contributed by atoms with Gasteiger partial charge in [-0.15, -0.1) is 0 Å². The van der Waals surface area contributed by atoms with Crippen LogP contribution in [0.2, 0.25) is 10.0 Å². The molecule has 2 aliphatic rings. The molecule has 0 radical (unpaired) electrons. The molecule has 2 aromatic carbocycles. The highest BCUT2D eigenvalue weighted by molar-refractivity contribution is 6.31. The van der Waals surface area contributed by atoms with Crippen LogP contribution in [0.25, 0.3) is 0 Å². The number of carbonyl (C=O) groups is 3. The number of ether oxygens (including phenoxy) is 1. The summed E-state index contributed by atoms with van der Waals surface area (Å²) >= 11 is 12.3. The number of benzene rings is 2. The summed E-state index contributed by atoms with van der Waals surface area (Å²) in [5.74, 6) is -1.54. The lowest BCUT2D eigenvalue weighted by atomic mass is 9.79. The molecular formula is C22H22Cl2N4O4.